The number of rotatable bonds is 4. The van der Waals surface area contributed by atoms with Crippen LogP contribution in [0.4, 0.5) is 5.69 Å². The highest BCUT2D eigenvalue weighted by Crippen LogP contribution is 2.29. The van der Waals surface area contributed by atoms with E-state index in [4.69, 9.17) is 17.3 Å². The molecule has 1 aliphatic heterocycles. The average Bonchev–Trinajstić information content (AvgIpc) is 2.98. The highest BCUT2D eigenvalue weighted by atomic mass is 32.1. The molecule has 1 amide bonds. The van der Waals surface area contributed by atoms with Crippen LogP contribution in [0.5, 0.6) is 5.75 Å². The third-order valence-electron chi connectivity index (χ3n) is 4.78. The second-order valence-electron chi connectivity index (χ2n) is 6.75. The summed E-state index contributed by atoms with van der Waals surface area (Å²) in [5, 5.41) is 24.3. The molecule has 1 heterocycles. The molecule has 0 saturated carbocycles. The number of phenols is 1. The van der Waals surface area contributed by atoms with Crippen LogP contribution in [-0.2, 0) is 16.1 Å². The van der Waals surface area contributed by atoms with Crippen molar-refractivity contribution in [2.75, 3.05) is 11.4 Å². The number of anilines is 1. The normalized spacial score (nSPS) is 14.2. The molecule has 3 aromatic rings. The minimum absolute atomic E-state index is 0.0675. The molecule has 30 heavy (non-hydrogen) atoms. The Hall–Kier alpha value is -3.78. The third-order valence-corrected chi connectivity index (χ3v) is 5.02. The van der Waals surface area contributed by atoms with Crippen molar-refractivity contribution in [3.63, 3.8) is 0 Å². The number of hydrogen-bond donors (Lipinski definition) is 3. The number of carbonyl (C=O) groups excluding carboxylic acids is 1. The standard InChI is InChI=1S/C22H17N3O4S/c26-18-10-14-6-2-1-5-13(14)9-15(18)11-23-22(30)24-20-16-7-3-4-8-17(16)25(21(20)29)12-19(27)28/h1-10,26H,11-12H2,(H,23,30)(H,27,28). The Morgan fingerprint density at radius 2 is 1.73 bits per heavy atom. The van der Waals surface area contributed by atoms with Crippen molar-refractivity contribution in [2.24, 2.45) is 4.99 Å². The number of carboxylic acids is 1. The minimum Gasteiger partial charge on any atom is -0.508 e. The molecular weight excluding hydrogens is 402 g/mol. The molecule has 8 heteroatoms. The lowest BCUT2D eigenvalue weighted by molar-refractivity contribution is -0.136. The van der Waals surface area contributed by atoms with Gasteiger partial charge in [0.1, 0.15) is 18.0 Å². The summed E-state index contributed by atoms with van der Waals surface area (Å²) in [4.78, 5) is 29.2. The van der Waals surface area contributed by atoms with E-state index in [0.29, 0.717) is 16.8 Å². The fraction of sp³-hybridized carbons (Fsp3) is 0.0909. The lowest BCUT2D eigenvalue weighted by atomic mass is 10.1. The van der Waals surface area contributed by atoms with E-state index in [-0.39, 0.29) is 23.1 Å². The van der Waals surface area contributed by atoms with Gasteiger partial charge in [-0.05, 0) is 41.2 Å². The van der Waals surface area contributed by atoms with Crippen molar-refractivity contribution >= 4 is 51.4 Å². The van der Waals surface area contributed by atoms with Gasteiger partial charge in [-0.15, -0.1) is 0 Å². The molecule has 150 valence electrons. The number of aliphatic imine (C=N–C) groups is 1. The van der Waals surface area contributed by atoms with E-state index in [9.17, 15) is 14.7 Å². The molecule has 0 fully saturated rings. The molecule has 0 bridgehead atoms. The van der Waals surface area contributed by atoms with Gasteiger partial charge in [-0.1, -0.05) is 42.5 Å². The topological polar surface area (TPSA) is 102 Å². The molecule has 0 spiro atoms. The summed E-state index contributed by atoms with van der Waals surface area (Å²) in [6.45, 7) is -0.235. The Morgan fingerprint density at radius 3 is 2.47 bits per heavy atom. The summed E-state index contributed by atoms with van der Waals surface area (Å²) >= 11 is 5.27. The van der Waals surface area contributed by atoms with Gasteiger partial charge in [-0.2, -0.15) is 0 Å². The fourth-order valence-electron chi connectivity index (χ4n) is 3.39. The molecule has 0 saturated heterocycles. The van der Waals surface area contributed by atoms with Crippen LogP contribution in [0, 0.1) is 0 Å². The quantitative estimate of drug-likeness (QED) is 0.562. The van der Waals surface area contributed by atoms with Crippen molar-refractivity contribution in [3.8, 4) is 5.75 Å². The van der Waals surface area contributed by atoms with E-state index >= 15 is 0 Å². The second-order valence-corrected chi connectivity index (χ2v) is 7.14. The molecule has 0 aromatic heterocycles. The van der Waals surface area contributed by atoms with E-state index in [0.717, 1.165) is 15.7 Å². The number of benzene rings is 3. The number of aliphatic carboxylic acids is 1. The van der Waals surface area contributed by atoms with Gasteiger partial charge < -0.3 is 15.5 Å². The van der Waals surface area contributed by atoms with Gasteiger partial charge in [0.25, 0.3) is 5.91 Å². The van der Waals surface area contributed by atoms with E-state index in [2.05, 4.69) is 10.3 Å². The van der Waals surface area contributed by atoms with Gasteiger partial charge in [0.05, 0.1) is 5.69 Å². The number of fused-ring (bicyclic) bond motifs is 2. The number of para-hydroxylation sites is 1. The molecule has 0 atom stereocenters. The summed E-state index contributed by atoms with van der Waals surface area (Å²) in [5.41, 5.74) is 1.74. The number of aromatic hydroxyl groups is 1. The first-order valence-corrected chi connectivity index (χ1v) is 9.55. The number of hydrogen-bond acceptors (Lipinski definition) is 4. The molecular formula is C22H17N3O4S. The van der Waals surface area contributed by atoms with Crippen LogP contribution < -0.4 is 10.2 Å². The maximum absolute atomic E-state index is 12.7. The highest BCUT2D eigenvalue weighted by molar-refractivity contribution is 7.80. The number of carbonyl (C=O) groups is 2. The van der Waals surface area contributed by atoms with E-state index < -0.39 is 18.4 Å². The zero-order valence-electron chi connectivity index (χ0n) is 15.7. The first kappa shape index (κ1) is 19.5. The average molecular weight is 419 g/mol. The summed E-state index contributed by atoms with van der Waals surface area (Å²) in [5.74, 6) is -1.50. The fourth-order valence-corrected chi connectivity index (χ4v) is 3.55. The molecule has 7 nitrogen and oxygen atoms in total. The molecule has 4 rings (SSSR count). The van der Waals surface area contributed by atoms with Gasteiger partial charge in [-0.3, -0.25) is 14.5 Å². The Labute approximate surface area is 177 Å². The van der Waals surface area contributed by atoms with Crippen molar-refractivity contribution in [1.29, 1.82) is 0 Å². The minimum atomic E-state index is -1.12. The van der Waals surface area contributed by atoms with Crippen molar-refractivity contribution < 1.29 is 19.8 Å². The molecule has 1 aliphatic rings. The summed E-state index contributed by atoms with van der Waals surface area (Å²) in [7, 11) is 0. The van der Waals surface area contributed by atoms with Crippen molar-refractivity contribution in [2.45, 2.75) is 6.54 Å². The molecule has 0 unspecified atom stereocenters. The monoisotopic (exact) mass is 419 g/mol. The Kier molecular flexibility index (Phi) is 5.16. The number of thiocarbonyl (C=S) groups is 1. The van der Waals surface area contributed by atoms with Crippen LogP contribution in [-0.4, -0.2) is 39.5 Å². The van der Waals surface area contributed by atoms with E-state index in [1.54, 1.807) is 30.3 Å². The number of nitrogens with zero attached hydrogens (tertiary/aromatic N) is 2. The van der Waals surface area contributed by atoms with Crippen LogP contribution in [0.15, 0.2) is 65.7 Å². The maximum Gasteiger partial charge on any atom is 0.323 e. The predicted octanol–water partition coefficient (Wildman–Crippen LogP) is 2.84. The van der Waals surface area contributed by atoms with Gasteiger partial charge >= 0.3 is 5.97 Å². The van der Waals surface area contributed by atoms with Gasteiger partial charge in [0, 0.05) is 17.7 Å². The predicted molar refractivity (Wildman–Crippen MR) is 118 cm³/mol. The summed E-state index contributed by atoms with van der Waals surface area (Å²) < 4.78 is 0. The van der Waals surface area contributed by atoms with Crippen LogP contribution in [0.1, 0.15) is 11.1 Å². The SMILES string of the molecule is O=C(O)CN1C(=O)C(=NC(=S)NCc2cc3ccccc3cc2O)c2ccccc21. The summed E-state index contributed by atoms with van der Waals surface area (Å²) in [6, 6.07) is 18.1. The first-order chi connectivity index (χ1) is 14.4. The van der Waals surface area contributed by atoms with Crippen LogP contribution in [0.3, 0.4) is 0 Å². The largest absolute Gasteiger partial charge is 0.508 e. The molecule has 0 radical (unpaired) electrons. The lowest BCUT2D eigenvalue weighted by Crippen LogP contribution is -2.35. The van der Waals surface area contributed by atoms with Gasteiger partial charge in [0.15, 0.2) is 5.11 Å². The first-order valence-electron chi connectivity index (χ1n) is 9.14. The Balaban J connectivity index is 1.55. The van der Waals surface area contributed by atoms with Gasteiger partial charge in [0.2, 0.25) is 0 Å². The Morgan fingerprint density at radius 1 is 1.07 bits per heavy atom. The highest BCUT2D eigenvalue weighted by Gasteiger charge is 2.35. The third kappa shape index (κ3) is 3.72. The number of nitrogens with one attached hydrogen (secondary N) is 1. The second kappa shape index (κ2) is 7.92. The van der Waals surface area contributed by atoms with Crippen LogP contribution >= 0.6 is 12.2 Å². The molecule has 3 N–H and O–H groups in total. The number of amides is 1. The van der Waals surface area contributed by atoms with Crippen LogP contribution in [0.25, 0.3) is 10.8 Å². The van der Waals surface area contributed by atoms with E-state index in [1.807, 2.05) is 30.3 Å². The molecule has 0 aliphatic carbocycles. The van der Waals surface area contributed by atoms with Crippen molar-refractivity contribution in [3.05, 3.63) is 71.8 Å². The number of carboxylic acid groups (broad SMARTS) is 1. The smallest absolute Gasteiger partial charge is 0.323 e. The van der Waals surface area contributed by atoms with Crippen LogP contribution in [0.2, 0.25) is 0 Å². The number of phenolic OH excluding ortho intramolecular Hbond substituents is 1. The lowest BCUT2D eigenvalue weighted by Gasteiger charge is -2.13. The van der Waals surface area contributed by atoms with Gasteiger partial charge in [-0.25, -0.2) is 4.99 Å². The van der Waals surface area contributed by atoms with Crippen molar-refractivity contribution in [1.82, 2.24) is 5.32 Å². The maximum atomic E-state index is 12.7. The van der Waals surface area contributed by atoms with E-state index in [1.165, 1.54) is 0 Å². The Bertz CT molecular complexity index is 1220. The zero-order valence-corrected chi connectivity index (χ0v) is 16.5. The molecule has 3 aromatic carbocycles. The summed E-state index contributed by atoms with van der Waals surface area (Å²) in [6.07, 6.45) is 0. The zero-order chi connectivity index (χ0) is 21.3.